The second kappa shape index (κ2) is 11.9. The first-order valence-corrected chi connectivity index (χ1v) is 13.7. The zero-order valence-electron chi connectivity index (χ0n) is 21.7. The van der Waals surface area contributed by atoms with Crippen LogP contribution in [0.3, 0.4) is 0 Å². The van der Waals surface area contributed by atoms with E-state index in [1.807, 2.05) is 0 Å². The van der Waals surface area contributed by atoms with Gasteiger partial charge in [0.05, 0.1) is 12.2 Å². The standard InChI is InChI=1S/C22H28ClF3N8O5S/c1-4-33-12-17(19(23)31-33)40(36,37)34-11-14(6-5-7-18(27)30-32-28)38-16-9-8-13(10-15(16)34)29-20(35)39-21(2,3)22(24,25)26/h8-10,12,14H,4-7,11H2,1-3H3,(H,29,35)(H3,27,28,30). The number of hydrogen-bond donors (Lipinski definition) is 3. The van der Waals surface area contributed by atoms with Crippen LogP contribution in [-0.4, -0.2) is 54.6 Å². The number of fused-ring (bicyclic) bond motifs is 1. The topological polar surface area (TPSA) is 177 Å². The van der Waals surface area contributed by atoms with Gasteiger partial charge in [-0.3, -0.25) is 14.3 Å². The van der Waals surface area contributed by atoms with Crippen LogP contribution in [0.15, 0.2) is 39.6 Å². The summed E-state index contributed by atoms with van der Waals surface area (Å²) in [6.45, 7) is 3.33. The van der Waals surface area contributed by atoms with Crippen molar-refractivity contribution in [3.8, 4) is 5.75 Å². The molecule has 0 fully saturated rings. The number of aromatic nitrogens is 2. The second-order valence-corrected chi connectivity index (χ2v) is 11.4. The minimum Gasteiger partial charge on any atom is -0.486 e. The Labute approximate surface area is 233 Å². The number of amidine groups is 1. The number of amides is 1. The number of halogens is 4. The van der Waals surface area contributed by atoms with E-state index >= 15 is 0 Å². The maximum absolute atomic E-state index is 13.8. The van der Waals surface area contributed by atoms with Crippen molar-refractivity contribution in [1.82, 2.24) is 9.78 Å². The molecule has 2 aromatic rings. The number of rotatable bonds is 10. The molecule has 220 valence electrons. The highest BCUT2D eigenvalue weighted by molar-refractivity contribution is 7.93. The van der Waals surface area contributed by atoms with Crippen molar-refractivity contribution >= 4 is 44.9 Å². The number of carbonyl (C=O) groups is 1. The Balaban J connectivity index is 1.94. The van der Waals surface area contributed by atoms with E-state index < -0.39 is 34.0 Å². The number of ether oxygens (including phenoxy) is 2. The van der Waals surface area contributed by atoms with E-state index in [0.29, 0.717) is 33.2 Å². The summed E-state index contributed by atoms with van der Waals surface area (Å²) in [4.78, 5) is 12.0. The summed E-state index contributed by atoms with van der Waals surface area (Å²) in [6.07, 6.45) is -4.49. The number of alkyl halides is 3. The van der Waals surface area contributed by atoms with Crippen LogP contribution in [0.4, 0.5) is 29.3 Å². The molecule has 4 N–H and O–H groups in total. The number of nitrogens with zero attached hydrogens (tertiary/aromatic N) is 5. The molecule has 1 aromatic carbocycles. The van der Waals surface area contributed by atoms with Crippen LogP contribution >= 0.6 is 11.6 Å². The van der Waals surface area contributed by atoms with Gasteiger partial charge in [0.15, 0.2) is 5.15 Å². The average molecular weight is 609 g/mol. The maximum Gasteiger partial charge on any atom is 0.427 e. The quantitative estimate of drug-likeness (QED) is 0.149. The van der Waals surface area contributed by atoms with Gasteiger partial charge < -0.3 is 15.2 Å². The molecule has 0 aliphatic carbocycles. The highest BCUT2D eigenvalue weighted by Crippen LogP contribution is 2.41. The lowest BCUT2D eigenvalue weighted by atomic mass is 10.1. The van der Waals surface area contributed by atoms with Crippen molar-refractivity contribution in [1.29, 1.82) is 5.53 Å². The molecule has 0 radical (unpaired) electrons. The lowest BCUT2D eigenvalue weighted by Gasteiger charge is -2.35. The number of anilines is 2. The Morgan fingerprint density at radius 3 is 2.67 bits per heavy atom. The van der Waals surface area contributed by atoms with E-state index in [9.17, 15) is 26.4 Å². The summed E-state index contributed by atoms with van der Waals surface area (Å²) >= 11 is 6.15. The summed E-state index contributed by atoms with van der Waals surface area (Å²) in [6, 6.07) is 3.94. The van der Waals surface area contributed by atoms with Crippen LogP contribution in [0.2, 0.25) is 5.15 Å². The molecule has 0 bridgehead atoms. The van der Waals surface area contributed by atoms with Crippen LogP contribution < -0.4 is 20.1 Å². The molecule has 1 atom stereocenters. The summed E-state index contributed by atoms with van der Waals surface area (Å²) in [5.74, 6) is 0.266. The van der Waals surface area contributed by atoms with Crippen LogP contribution in [-0.2, 0) is 21.3 Å². The number of aryl methyl sites for hydroxylation is 1. The van der Waals surface area contributed by atoms with Crippen molar-refractivity contribution in [2.24, 2.45) is 16.1 Å². The maximum atomic E-state index is 13.8. The molecular formula is C22H28ClF3N8O5S. The molecule has 2 heterocycles. The molecule has 18 heteroatoms. The normalized spacial score (nSPS) is 16.2. The van der Waals surface area contributed by atoms with Crippen LogP contribution in [0.5, 0.6) is 5.75 Å². The summed E-state index contributed by atoms with van der Waals surface area (Å²) in [5, 5.41) is 12.2. The summed E-state index contributed by atoms with van der Waals surface area (Å²) < 4.78 is 79.8. The van der Waals surface area contributed by atoms with Gasteiger partial charge in [0.1, 0.15) is 22.6 Å². The Kier molecular flexibility index (Phi) is 9.18. The van der Waals surface area contributed by atoms with Crippen molar-refractivity contribution in [2.75, 3.05) is 16.2 Å². The van der Waals surface area contributed by atoms with E-state index in [4.69, 9.17) is 27.6 Å². The molecule has 0 spiro atoms. The van der Waals surface area contributed by atoms with E-state index in [1.165, 1.54) is 29.1 Å². The predicted octanol–water partition coefficient (Wildman–Crippen LogP) is 4.88. The summed E-state index contributed by atoms with van der Waals surface area (Å²) in [7, 11) is -4.31. The number of carbonyl (C=O) groups excluding carboxylic acids is 1. The predicted molar refractivity (Wildman–Crippen MR) is 139 cm³/mol. The molecular weight excluding hydrogens is 581 g/mol. The van der Waals surface area contributed by atoms with Gasteiger partial charge in [0.2, 0.25) is 5.60 Å². The van der Waals surface area contributed by atoms with Crippen molar-refractivity contribution < 1.29 is 35.9 Å². The fraction of sp³-hybridized carbons (Fsp3) is 0.500. The van der Waals surface area contributed by atoms with Crippen LogP contribution in [0.1, 0.15) is 40.0 Å². The molecule has 0 saturated carbocycles. The highest BCUT2D eigenvalue weighted by Gasteiger charge is 2.51. The van der Waals surface area contributed by atoms with Crippen molar-refractivity contribution in [3.05, 3.63) is 29.5 Å². The fourth-order valence-corrected chi connectivity index (χ4v) is 5.61. The first-order valence-electron chi connectivity index (χ1n) is 11.9. The third kappa shape index (κ3) is 6.93. The Bertz CT molecular complexity index is 1400. The Hall–Kier alpha value is -3.60. The summed E-state index contributed by atoms with van der Waals surface area (Å²) in [5.41, 5.74) is 9.61. The van der Waals surface area contributed by atoms with Crippen molar-refractivity contribution in [3.63, 3.8) is 0 Å². The van der Waals surface area contributed by atoms with Crippen LogP contribution in [0, 0.1) is 5.53 Å². The van der Waals surface area contributed by atoms with Gasteiger partial charge in [-0.1, -0.05) is 16.8 Å². The lowest BCUT2D eigenvalue weighted by Crippen LogP contribution is -2.44. The van der Waals surface area contributed by atoms with E-state index in [0.717, 1.165) is 4.31 Å². The number of nitrogens with two attached hydrogens (primary N) is 1. The molecule has 1 unspecified atom stereocenters. The minimum atomic E-state index is -4.82. The molecule has 0 saturated heterocycles. The molecule has 1 aliphatic rings. The molecule has 1 amide bonds. The van der Waals surface area contributed by atoms with Gasteiger partial charge in [0, 0.05) is 24.8 Å². The first-order chi connectivity index (χ1) is 18.6. The largest absolute Gasteiger partial charge is 0.486 e. The smallest absolute Gasteiger partial charge is 0.427 e. The van der Waals surface area contributed by atoms with Gasteiger partial charge in [-0.15, -0.1) is 5.10 Å². The van der Waals surface area contributed by atoms with Gasteiger partial charge in [0.25, 0.3) is 10.0 Å². The van der Waals surface area contributed by atoms with E-state index in [-0.39, 0.29) is 46.0 Å². The van der Waals surface area contributed by atoms with E-state index in [1.54, 1.807) is 6.92 Å². The Morgan fingerprint density at radius 1 is 1.38 bits per heavy atom. The van der Waals surface area contributed by atoms with Crippen LogP contribution in [0.25, 0.3) is 0 Å². The minimum absolute atomic E-state index is 0.0125. The van der Waals surface area contributed by atoms with E-state index in [2.05, 4.69) is 25.5 Å². The monoisotopic (exact) mass is 608 g/mol. The first kappa shape index (κ1) is 30.9. The highest BCUT2D eigenvalue weighted by atomic mass is 35.5. The van der Waals surface area contributed by atoms with Crippen molar-refractivity contribution in [2.45, 2.75) is 69.4 Å². The average Bonchev–Trinajstić information content (AvgIpc) is 3.24. The molecule has 1 aliphatic heterocycles. The number of nitrogens with one attached hydrogen (secondary N) is 2. The zero-order chi connectivity index (χ0) is 29.9. The van der Waals surface area contributed by atoms with Gasteiger partial charge in [-0.05, 0) is 51.8 Å². The lowest BCUT2D eigenvalue weighted by molar-refractivity contribution is -0.242. The van der Waals surface area contributed by atoms with Gasteiger partial charge in [-0.25, -0.2) is 13.2 Å². The molecule has 1 aromatic heterocycles. The Morgan fingerprint density at radius 2 is 2.08 bits per heavy atom. The molecule has 40 heavy (non-hydrogen) atoms. The SMILES string of the molecule is CCn1cc(S(=O)(=O)N2CC(CCCC(N)=NN=N)Oc3ccc(NC(=O)OC(C)(C)C(F)(F)F)cc32)c(Cl)n1. The molecule has 3 rings (SSSR count). The zero-order valence-corrected chi connectivity index (χ0v) is 23.3. The second-order valence-electron chi connectivity index (χ2n) is 9.20. The number of hydrogen-bond acceptors (Lipinski definition) is 8. The van der Waals surface area contributed by atoms with Gasteiger partial charge in [-0.2, -0.15) is 23.8 Å². The fourth-order valence-electron chi connectivity index (χ4n) is 3.66. The molecule has 13 nitrogen and oxygen atoms in total. The number of sulfonamides is 1. The number of benzene rings is 1. The third-order valence-electron chi connectivity index (χ3n) is 5.88. The van der Waals surface area contributed by atoms with Gasteiger partial charge >= 0.3 is 12.3 Å². The third-order valence-corrected chi connectivity index (χ3v) is 8.05.